The molecule has 5 aliphatic rings. The van der Waals surface area contributed by atoms with E-state index in [0.717, 1.165) is 38.5 Å². The Kier molecular flexibility index (Phi) is 10.9. The Morgan fingerprint density at radius 3 is 2.40 bits per heavy atom. The van der Waals surface area contributed by atoms with Crippen LogP contribution >= 0.6 is 0 Å². The molecule has 2 N–H and O–H groups in total. The zero-order valence-electron chi connectivity index (χ0n) is 35.1. The SMILES string of the molecule is CC1(C)[C@@H](O)CC[C@]2(C)[C@H]3C(=O)C=C4[C@@H]5C[C@@](C)(C(=O)NCC(=O)CCOCCOc6no[n+]([O-])c6S(=O)(=O)c6ccccc6)CC[C@]5(C)CC[C@@]4(C)[C@]3(C)CC[C@@H]12. The number of aliphatic hydroxyl groups is 1. The molecular formula is C44H61N3O10S. The van der Waals surface area contributed by atoms with Gasteiger partial charge in [0.15, 0.2) is 11.6 Å². The number of sulfone groups is 1. The number of benzene rings is 1. The van der Waals surface area contributed by atoms with Crippen LogP contribution < -0.4 is 15.0 Å². The van der Waals surface area contributed by atoms with Gasteiger partial charge in [-0.3, -0.25) is 19.0 Å². The van der Waals surface area contributed by atoms with Gasteiger partial charge >= 0.3 is 10.9 Å². The topological polar surface area (TPSA) is 189 Å². The van der Waals surface area contributed by atoms with Gasteiger partial charge in [0, 0.05) is 17.8 Å². The Bertz CT molecular complexity index is 2080. The highest BCUT2D eigenvalue weighted by Gasteiger charge is 2.70. The summed E-state index contributed by atoms with van der Waals surface area (Å²) < 4.78 is 41.3. The highest BCUT2D eigenvalue weighted by molar-refractivity contribution is 7.91. The van der Waals surface area contributed by atoms with E-state index in [4.69, 9.17) is 9.47 Å². The van der Waals surface area contributed by atoms with Crippen LogP contribution in [0.15, 0.2) is 56.5 Å². The van der Waals surface area contributed by atoms with Crippen molar-refractivity contribution in [3.05, 3.63) is 47.2 Å². The van der Waals surface area contributed by atoms with Gasteiger partial charge in [-0.1, -0.05) is 72.2 Å². The van der Waals surface area contributed by atoms with Gasteiger partial charge in [0.05, 0.1) is 35.9 Å². The lowest BCUT2D eigenvalue weighted by Gasteiger charge is -2.70. The number of ketones is 2. The average molecular weight is 824 g/mol. The first-order valence-electron chi connectivity index (χ1n) is 21.0. The van der Waals surface area contributed by atoms with E-state index in [-0.39, 0.29) is 111 Å². The summed E-state index contributed by atoms with van der Waals surface area (Å²) in [6.45, 7) is 15.5. The molecule has 13 nitrogen and oxygen atoms in total. The second kappa shape index (κ2) is 14.8. The summed E-state index contributed by atoms with van der Waals surface area (Å²) in [7, 11) is -4.25. The molecule has 318 valence electrons. The number of nitrogens with zero attached hydrogens (tertiary/aromatic N) is 2. The van der Waals surface area contributed by atoms with Crippen molar-refractivity contribution in [3.63, 3.8) is 0 Å². The minimum Gasteiger partial charge on any atom is -0.452 e. The summed E-state index contributed by atoms with van der Waals surface area (Å²) in [4.78, 5) is 41.1. The highest BCUT2D eigenvalue weighted by Crippen LogP contribution is 2.75. The second-order valence-corrected chi connectivity index (χ2v) is 21.8. The number of Topliss-reactive ketones (excluding diaryl/α,β-unsaturated/α-hetero) is 1. The molecule has 5 aliphatic carbocycles. The molecule has 0 saturated heterocycles. The lowest BCUT2D eigenvalue weighted by atomic mass is 9.33. The molecule has 1 aromatic carbocycles. The Hall–Kier alpha value is -3.62. The number of ether oxygens (including phenoxy) is 2. The van der Waals surface area contributed by atoms with Crippen LogP contribution in [0.5, 0.6) is 5.88 Å². The molecule has 1 heterocycles. The monoisotopic (exact) mass is 823 g/mol. The maximum absolute atomic E-state index is 14.6. The van der Waals surface area contributed by atoms with E-state index < -0.39 is 26.2 Å². The van der Waals surface area contributed by atoms with Gasteiger partial charge < -0.3 is 25.1 Å². The predicted octanol–water partition coefficient (Wildman–Crippen LogP) is 5.95. The number of amides is 1. The van der Waals surface area contributed by atoms with E-state index in [9.17, 15) is 33.1 Å². The largest absolute Gasteiger partial charge is 0.452 e. The number of allylic oxidation sites excluding steroid dienone is 2. The van der Waals surface area contributed by atoms with Crippen molar-refractivity contribution in [2.45, 2.75) is 129 Å². The van der Waals surface area contributed by atoms with E-state index in [0.29, 0.717) is 19.3 Å². The van der Waals surface area contributed by atoms with Gasteiger partial charge in [0.1, 0.15) is 6.61 Å². The summed E-state index contributed by atoms with van der Waals surface area (Å²) in [5.41, 5.74) is -0.359. The maximum atomic E-state index is 14.6. The fraction of sp³-hybridized carbons (Fsp3) is 0.705. The smallest absolute Gasteiger partial charge is 0.415 e. The van der Waals surface area contributed by atoms with Crippen LogP contribution in [-0.4, -0.2) is 68.6 Å². The standard InChI is InChI=1S/C44H61N3O10S/c1-39(2)33-13-17-44(7)35(42(33,5)16-14-34(39)50)32(49)25-30-31-26-41(4,19-18-40(31,3)20-21-43(30,44)6)38(51)45-27-28(48)15-22-55-23-24-56-36-37(47(52)57-46-36)58(53,54)29-11-9-8-10-12-29/h8-12,25,31,33-35,50H,13-24,26-27H2,1-7H3,(H,45,51)/t31-,33-,34-,35+,40+,41-,42-,43+,44+/m0/s1. The third-order valence-corrected chi connectivity index (χ3v) is 18.1. The molecule has 0 bridgehead atoms. The van der Waals surface area contributed by atoms with E-state index in [1.165, 1.54) is 29.8 Å². The number of rotatable bonds is 12. The molecule has 7 rings (SSSR count). The molecular weight excluding hydrogens is 763 g/mol. The highest BCUT2D eigenvalue weighted by atomic mass is 32.2. The van der Waals surface area contributed by atoms with E-state index in [1.54, 1.807) is 6.07 Å². The van der Waals surface area contributed by atoms with Gasteiger partial charge in [0.25, 0.3) is 9.84 Å². The van der Waals surface area contributed by atoms with Gasteiger partial charge in [-0.05, 0) is 120 Å². The van der Waals surface area contributed by atoms with Crippen LogP contribution in [0.1, 0.15) is 113 Å². The van der Waals surface area contributed by atoms with Gasteiger partial charge in [-0.15, -0.1) is 0 Å². The number of carbonyl (C=O) groups is 3. The first-order chi connectivity index (χ1) is 27.1. The molecule has 0 unspecified atom stereocenters. The van der Waals surface area contributed by atoms with Crippen molar-refractivity contribution in [1.82, 2.24) is 10.5 Å². The second-order valence-electron chi connectivity index (χ2n) is 19.9. The number of aromatic nitrogens is 2. The number of hydrogen-bond donors (Lipinski definition) is 2. The predicted molar refractivity (Wildman–Crippen MR) is 212 cm³/mol. The van der Waals surface area contributed by atoms with Gasteiger partial charge in [0.2, 0.25) is 5.91 Å². The first kappa shape index (κ1) is 42.5. The van der Waals surface area contributed by atoms with E-state index in [1.807, 2.05) is 13.0 Å². The first-order valence-corrected chi connectivity index (χ1v) is 22.5. The molecule has 58 heavy (non-hydrogen) atoms. The molecule has 14 heteroatoms. The van der Waals surface area contributed by atoms with Crippen molar-refractivity contribution in [2.75, 3.05) is 26.4 Å². The zero-order chi connectivity index (χ0) is 42.1. The Balaban J connectivity index is 0.941. The van der Waals surface area contributed by atoms with Crippen molar-refractivity contribution in [2.24, 2.45) is 50.2 Å². The van der Waals surface area contributed by atoms with Crippen LogP contribution in [0.4, 0.5) is 0 Å². The fourth-order valence-electron chi connectivity index (χ4n) is 12.6. The minimum absolute atomic E-state index is 0.0214. The molecule has 0 radical (unpaired) electrons. The Morgan fingerprint density at radius 2 is 1.67 bits per heavy atom. The molecule has 1 aromatic heterocycles. The number of nitrogens with one attached hydrogen (secondary N) is 1. The van der Waals surface area contributed by atoms with Crippen molar-refractivity contribution in [3.8, 4) is 5.88 Å². The molecule has 0 spiro atoms. The normalized spacial score (nSPS) is 36.7. The number of hydrogen-bond acceptors (Lipinski definition) is 11. The molecule has 1 amide bonds. The summed E-state index contributed by atoms with van der Waals surface area (Å²) in [5.74, 6) is -0.395. The zero-order valence-corrected chi connectivity index (χ0v) is 35.9. The van der Waals surface area contributed by atoms with Gasteiger partial charge in [-0.25, -0.2) is 8.42 Å². The van der Waals surface area contributed by atoms with Crippen LogP contribution in [0.3, 0.4) is 0 Å². The number of carbonyl (C=O) groups excluding carboxylic acids is 3. The lowest BCUT2D eigenvalue weighted by Crippen LogP contribution is -2.66. The molecule has 4 fully saturated rings. The number of fused-ring (bicyclic) bond motifs is 7. The van der Waals surface area contributed by atoms with E-state index in [2.05, 4.69) is 56.6 Å². The maximum Gasteiger partial charge on any atom is 0.415 e. The molecule has 9 atom stereocenters. The molecule has 0 aliphatic heterocycles. The molecule has 4 saturated carbocycles. The lowest BCUT2D eigenvalue weighted by molar-refractivity contribution is -0.832. The number of aliphatic hydroxyl groups excluding tert-OH is 1. The van der Waals surface area contributed by atoms with Crippen molar-refractivity contribution >= 4 is 27.3 Å². The van der Waals surface area contributed by atoms with Gasteiger partial charge in [-0.2, -0.15) is 0 Å². The quantitative estimate of drug-likeness (QED) is 0.190. The van der Waals surface area contributed by atoms with E-state index >= 15 is 0 Å². The molecule has 2 aromatic rings. The summed E-state index contributed by atoms with van der Waals surface area (Å²) in [6, 6.07) is 7.37. The van der Waals surface area contributed by atoms with Crippen molar-refractivity contribution < 1.29 is 46.9 Å². The third kappa shape index (κ3) is 6.73. The Labute approximate surface area is 342 Å². The summed E-state index contributed by atoms with van der Waals surface area (Å²) in [5, 5.41) is 28.7. The summed E-state index contributed by atoms with van der Waals surface area (Å²) >= 11 is 0. The average Bonchev–Trinajstić information content (AvgIpc) is 3.56. The van der Waals surface area contributed by atoms with Crippen molar-refractivity contribution in [1.29, 1.82) is 0 Å². The fourth-order valence-corrected chi connectivity index (χ4v) is 13.9. The van der Waals surface area contributed by atoms with Crippen LogP contribution in [0.25, 0.3) is 0 Å². The third-order valence-electron chi connectivity index (χ3n) is 16.4. The minimum atomic E-state index is -4.25. The van der Waals surface area contributed by atoms with Crippen LogP contribution in [0.2, 0.25) is 0 Å². The van der Waals surface area contributed by atoms with Crippen LogP contribution in [0, 0.1) is 55.5 Å². The van der Waals surface area contributed by atoms with Crippen LogP contribution in [-0.2, 0) is 29.0 Å². The Morgan fingerprint density at radius 1 is 0.966 bits per heavy atom. The summed E-state index contributed by atoms with van der Waals surface area (Å²) in [6.07, 6.45) is 9.42.